The van der Waals surface area contributed by atoms with Crippen molar-refractivity contribution in [1.82, 2.24) is 0 Å². The zero-order valence-corrected chi connectivity index (χ0v) is 17.9. The molecule has 5 rings (SSSR count). The number of aliphatic hydroxyl groups is 1. The fraction of sp³-hybridized carbons (Fsp3) is 0.600. The largest absolute Gasteiger partial charge is 0.511 e. The van der Waals surface area contributed by atoms with Gasteiger partial charge in [0.05, 0.1) is 6.26 Å². The highest BCUT2D eigenvalue weighted by Gasteiger charge is 2.62. The molecule has 1 aromatic rings. The number of carbonyl (C=O) groups excluding carboxylic acids is 2. The monoisotopic (exact) mass is 410 g/mol. The summed E-state index contributed by atoms with van der Waals surface area (Å²) in [5.41, 5.74) is 0.568. The predicted octanol–water partition coefficient (Wildman–Crippen LogP) is 5.24. The van der Waals surface area contributed by atoms with Crippen molar-refractivity contribution in [3.8, 4) is 0 Å². The van der Waals surface area contributed by atoms with Gasteiger partial charge < -0.3 is 14.3 Å². The Morgan fingerprint density at radius 1 is 1.23 bits per heavy atom. The molecule has 0 bridgehead atoms. The molecule has 7 atom stereocenters. The number of hydrogen-bond acceptors (Lipinski definition) is 5. The van der Waals surface area contributed by atoms with Gasteiger partial charge in [-0.15, -0.1) is 0 Å². The molecule has 0 saturated heterocycles. The van der Waals surface area contributed by atoms with Gasteiger partial charge in [0.25, 0.3) is 0 Å². The zero-order valence-electron chi connectivity index (χ0n) is 17.9. The first kappa shape index (κ1) is 19.7. The summed E-state index contributed by atoms with van der Waals surface area (Å²) < 4.78 is 11.3. The van der Waals surface area contributed by atoms with Crippen LogP contribution < -0.4 is 0 Å². The molecule has 3 fully saturated rings. The molecule has 1 N–H and O–H groups in total. The average Bonchev–Trinajstić information content (AvgIpc) is 3.31. The lowest BCUT2D eigenvalue weighted by Crippen LogP contribution is -2.52. The maximum atomic E-state index is 12.6. The lowest BCUT2D eigenvalue weighted by Gasteiger charge is -2.57. The second-order valence-electron chi connectivity index (χ2n) is 10.3. The first-order valence-corrected chi connectivity index (χ1v) is 11.2. The molecule has 0 aromatic carbocycles. The predicted molar refractivity (Wildman–Crippen MR) is 111 cm³/mol. The zero-order chi connectivity index (χ0) is 21.3. The maximum Gasteiger partial charge on any atom is 0.374 e. The molecule has 4 aliphatic carbocycles. The molecule has 5 nitrogen and oxygen atoms in total. The molecule has 4 aliphatic rings. The number of allylic oxidation sites excluding steroid dienone is 3. The van der Waals surface area contributed by atoms with E-state index in [0.717, 1.165) is 37.7 Å². The molecule has 5 heteroatoms. The van der Waals surface area contributed by atoms with Crippen molar-refractivity contribution in [3.05, 3.63) is 47.6 Å². The van der Waals surface area contributed by atoms with E-state index >= 15 is 0 Å². The van der Waals surface area contributed by atoms with Gasteiger partial charge in [-0.3, -0.25) is 4.79 Å². The van der Waals surface area contributed by atoms with Crippen LogP contribution in [0, 0.1) is 34.5 Å². The van der Waals surface area contributed by atoms with Gasteiger partial charge >= 0.3 is 5.97 Å². The van der Waals surface area contributed by atoms with Gasteiger partial charge in [-0.2, -0.15) is 0 Å². The molecule has 1 aromatic heterocycles. The Bertz CT molecular complexity index is 941. The molecule has 5 unspecified atom stereocenters. The number of esters is 1. The van der Waals surface area contributed by atoms with E-state index in [-0.39, 0.29) is 40.7 Å². The van der Waals surface area contributed by atoms with E-state index in [4.69, 9.17) is 9.15 Å². The van der Waals surface area contributed by atoms with Crippen molar-refractivity contribution in [2.24, 2.45) is 34.5 Å². The Hall–Kier alpha value is -2.30. The van der Waals surface area contributed by atoms with Crippen molar-refractivity contribution in [2.45, 2.75) is 59.0 Å². The van der Waals surface area contributed by atoms with E-state index in [1.807, 2.05) is 0 Å². The van der Waals surface area contributed by atoms with Crippen molar-refractivity contribution in [1.29, 1.82) is 0 Å². The van der Waals surface area contributed by atoms with Gasteiger partial charge in [-0.25, -0.2) is 4.79 Å². The smallest absolute Gasteiger partial charge is 0.374 e. The van der Waals surface area contributed by atoms with E-state index in [9.17, 15) is 14.7 Å². The molecule has 160 valence electrons. The number of fused-ring (bicyclic) bond motifs is 5. The Balaban J connectivity index is 1.44. The summed E-state index contributed by atoms with van der Waals surface area (Å²) in [5, 5.41) is 10.8. The highest BCUT2D eigenvalue weighted by molar-refractivity contribution is 6.01. The molecule has 1 heterocycles. The van der Waals surface area contributed by atoms with E-state index < -0.39 is 5.41 Å². The minimum absolute atomic E-state index is 0.0791. The molecule has 0 amide bonds. The van der Waals surface area contributed by atoms with Crippen molar-refractivity contribution in [3.63, 3.8) is 0 Å². The topological polar surface area (TPSA) is 76.7 Å². The van der Waals surface area contributed by atoms with Gasteiger partial charge in [0.2, 0.25) is 5.76 Å². The van der Waals surface area contributed by atoms with Crippen molar-refractivity contribution in [2.75, 3.05) is 0 Å². The minimum Gasteiger partial charge on any atom is -0.511 e. The van der Waals surface area contributed by atoms with E-state index in [2.05, 4.69) is 20.8 Å². The first-order valence-electron chi connectivity index (χ1n) is 11.2. The molecular formula is C25H30O5. The van der Waals surface area contributed by atoms with Gasteiger partial charge in [-0.05, 0) is 80.9 Å². The number of ether oxygens (including phenoxy) is 1. The summed E-state index contributed by atoms with van der Waals surface area (Å²) in [5.74, 6) is 1.48. The molecule has 0 radical (unpaired) electrons. The second kappa shape index (κ2) is 6.60. The quantitative estimate of drug-likeness (QED) is 0.674. The van der Waals surface area contributed by atoms with Crippen LogP contribution in [0.4, 0.5) is 0 Å². The molecule has 0 aliphatic heterocycles. The Morgan fingerprint density at radius 3 is 2.77 bits per heavy atom. The van der Waals surface area contributed by atoms with Gasteiger partial charge in [0.1, 0.15) is 11.9 Å². The van der Waals surface area contributed by atoms with Crippen LogP contribution in [0.15, 0.2) is 46.3 Å². The van der Waals surface area contributed by atoms with Crippen LogP contribution in [-0.4, -0.2) is 23.0 Å². The Morgan fingerprint density at radius 2 is 2.03 bits per heavy atom. The SMILES string of the molecule is CC1CC2C3CCC4=CC(=O)C=C(O)[C@]4(C)C3CC[C@]2(C)C1OC(=O)c1ccco1. The lowest BCUT2D eigenvalue weighted by molar-refractivity contribution is -0.111. The molecule has 30 heavy (non-hydrogen) atoms. The van der Waals surface area contributed by atoms with E-state index in [1.165, 1.54) is 12.3 Å². The summed E-state index contributed by atoms with van der Waals surface area (Å²) in [7, 11) is 0. The molecule has 3 saturated carbocycles. The normalized spacial score (nSPS) is 42.5. The number of carbonyl (C=O) groups is 2. The number of furan rings is 1. The molecule has 0 spiro atoms. The number of hydrogen-bond donors (Lipinski definition) is 1. The highest BCUT2D eigenvalue weighted by atomic mass is 16.6. The summed E-state index contributed by atoms with van der Waals surface area (Å²) in [6, 6.07) is 3.35. The summed E-state index contributed by atoms with van der Waals surface area (Å²) in [6.45, 7) is 6.58. The third-order valence-corrected chi connectivity index (χ3v) is 8.91. The van der Waals surface area contributed by atoms with Crippen LogP contribution in [0.3, 0.4) is 0 Å². The van der Waals surface area contributed by atoms with Crippen molar-refractivity contribution >= 4 is 11.8 Å². The summed E-state index contributed by atoms with van der Waals surface area (Å²) >= 11 is 0. The fourth-order valence-electron chi connectivity index (χ4n) is 7.44. The number of aliphatic hydroxyl groups excluding tert-OH is 1. The Labute approximate surface area is 177 Å². The standard InChI is InChI=1S/C25H30O5/c1-14-11-19-17-7-6-15-12-16(26)13-21(27)25(15,3)18(17)8-9-24(19,2)22(14)30-23(28)20-5-4-10-29-20/h4-5,10,12-14,17-19,22,27H,6-9,11H2,1-3H3/t14?,17?,18?,19?,22?,24-,25-/m0/s1. The fourth-order valence-corrected chi connectivity index (χ4v) is 7.44. The third-order valence-electron chi connectivity index (χ3n) is 8.91. The van der Waals surface area contributed by atoms with Crippen LogP contribution in [-0.2, 0) is 9.53 Å². The summed E-state index contributed by atoms with van der Waals surface area (Å²) in [4.78, 5) is 24.6. The van der Waals surface area contributed by atoms with Gasteiger partial charge in [-0.1, -0.05) is 19.4 Å². The van der Waals surface area contributed by atoms with Crippen LogP contribution >= 0.6 is 0 Å². The van der Waals surface area contributed by atoms with Crippen LogP contribution in [0.25, 0.3) is 0 Å². The summed E-state index contributed by atoms with van der Waals surface area (Å²) in [6.07, 6.45) is 9.31. The molecular weight excluding hydrogens is 380 g/mol. The number of ketones is 1. The van der Waals surface area contributed by atoms with Crippen LogP contribution in [0.2, 0.25) is 0 Å². The van der Waals surface area contributed by atoms with E-state index in [0.29, 0.717) is 17.8 Å². The minimum atomic E-state index is -0.440. The van der Waals surface area contributed by atoms with Crippen LogP contribution in [0.1, 0.15) is 63.4 Å². The second-order valence-corrected chi connectivity index (χ2v) is 10.3. The van der Waals surface area contributed by atoms with Gasteiger partial charge in [0, 0.05) is 16.9 Å². The average molecular weight is 411 g/mol. The van der Waals surface area contributed by atoms with Gasteiger partial charge in [0.15, 0.2) is 5.78 Å². The lowest BCUT2D eigenvalue weighted by atomic mass is 9.48. The van der Waals surface area contributed by atoms with Crippen molar-refractivity contribution < 1.29 is 23.8 Å². The highest BCUT2D eigenvalue weighted by Crippen LogP contribution is 2.66. The number of rotatable bonds is 2. The maximum absolute atomic E-state index is 12.6. The van der Waals surface area contributed by atoms with Crippen LogP contribution in [0.5, 0.6) is 0 Å². The first-order chi connectivity index (χ1) is 14.2. The third kappa shape index (κ3) is 2.60. The van der Waals surface area contributed by atoms with E-state index in [1.54, 1.807) is 18.2 Å². The Kier molecular flexibility index (Phi) is 4.32.